The number of likely N-dealkylation sites (tertiary alicyclic amines) is 1. The minimum atomic E-state index is 0.287. The van der Waals surface area contributed by atoms with Crippen LogP contribution in [0.5, 0.6) is 0 Å². The van der Waals surface area contributed by atoms with Crippen molar-refractivity contribution in [3.8, 4) is 0 Å². The monoisotopic (exact) mass is 197 g/mol. The van der Waals surface area contributed by atoms with Gasteiger partial charge in [0.15, 0.2) is 0 Å². The van der Waals surface area contributed by atoms with Crippen molar-refractivity contribution >= 4 is 5.78 Å². The average molecular weight is 197 g/mol. The van der Waals surface area contributed by atoms with Gasteiger partial charge in [0, 0.05) is 19.1 Å². The van der Waals surface area contributed by atoms with Crippen molar-refractivity contribution in [3.63, 3.8) is 0 Å². The van der Waals surface area contributed by atoms with Crippen molar-refractivity contribution in [3.05, 3.63) is 0 Å². The summed E-state index contributed by atoms with van der Waals surface area (Å²) >= 11 is 0. The number of hydrogen-bond donors (Lipinski definition) is 1. The number of ketones is 1. The zero-order valence-corrected chi connectivity index (χ0v) is 8.61. The largest absolute Gasteiger partial charge is 0.396 e. The van der Waals surface area contributed by atoms with Gasteiger partial charge in [-0.1, -0.05) is 0 Å². The summed E-state index contributed by atoms with van der Waals surface area (Å²) in [5.74, 6) is 1.45. The molecule has 2 fully saturated rings. The Bertz CT molecular complexity index is 213. The Labute approximate surface area is 85.1 Å². The maximum absolute atomic E-state index is 11.5. The van der Waals surface area contributed by atoms with Crippen LogP contribution in [0.15, 0.2) is 0 Å². The molecule has 0 aromatic carbocycles. The summed E-state index contributed by atoms with van der Waals surface area (Å²) < 4.78 is 0. The zero-order chi connectivity index (χ0) is 9.97. The lowest BCUT2D eigenvalue weighted by atomic mass is 10.1. The minimum Gasteiger partial charge on any atom is -0.396 e. The zero-order valence-electron chi connectivity index (χ0n) is 8.61. The van der Waals surface area contributed by atoms with Gasteiger partial charge >= 0.3 is 0 Å². The third kappa shape index (κ3) is 2.55. The second kappa shape index (κ2) is 4.41. The molecule has 1 heterocycles. The van der Waals surface area contributed by atoms with Crippen molar-refractivity contribution in [1.29, 1.82) is 0 Å². The van der Waals surface area contributed by atoms with Crippen LogP contribution >= 0.6 is 0 Å². The molecule has 2 rings (SSSR count). The van der Waals surface area contributed by atoms with E-state index >= 15 is 0 Å². The van der Waals surface area contributed by atoms with Gasteiger partial charge in [0.05, 0.1) is 6.54 Å². The van der Waals surface area contributed by atoms with Crippen LogP contribution in [0.25, 0.3) is 0 Å². The van der Waals surface area contributed by atoms with Gasteiger partial charge in [-0.25, -0.2) is 0 Å². The van der Waals surface area contributed by atoms with E-state index in [-0.39, 0.29) is 6.61 Å². The molecule has 2 aliphatic rings. The lowest BCUT2D eigenvalue weighted by Gasteiger charge is -2.14. The van der Waals surface area contributed by atoms with E-state index in [1.54, 1.807) is 0 Å². The fourth-order valence-corrected chi connectivity index (χ4v) is 2.23. The lowest BCUT2D eigenvalue weighted by Crippen LogP contribution is -2.28. The van der Waals surface area contributed by atoms with E-state index in [0.29, 0.717) is 24.2 Å². The third-order valence-electron chi connectivity index (χ3n) is 3.32. The van der Waals surface area contributed by atoms with Crippen LogP contribution in [-0.2, 0) is 4.79 Å². The molecule has 1 N–H and O–H groups in total. The summed E-state index contributed by atoms with van der Waals surface area (Å²) in [7, 11) is 0. The fourth-order valence-electron chi connectivity index (χ4n) is 2.23. The number of carbonyl (C=O) groups excluding carboxylic acids is 1. The van der Waals surface area contributed by atoms with Gasteiger partial charge in [-0.2, -0.15) is 0 Å². The third-order valence-corrected chi connectivity index (χ3v) is 3.32. The van der Waals surface area contributed by atoms with Crippen molar-refractivity contribution in [2.45, 2.75) is 25.7 Å². The molecular formula is C11H19NO2. The van der Waals surface area contributed by atoms with Crippen LogP contribution in [0.3, 0.4) is 0 Å². The van der Waals surface area contributed by atoms with Crippen molar-refractivity contribution in [2.24, 2.45) is 11.8 Å². The smallest absolute Gasteiger partial charge is 0.149 e. The van der Waals surface area contributed by atoms with Gasteiger partial charge in [-0.15, -0.1) is 0 Å². The van der Waals surface area contributed by atoms with E-state index in [2.05, 4.69) is 4.90 Å². The molecule has 1 saturated carbocycles. The van der Waals surface area contributed by atoms with Crippen LogP contribution in [0.2, 0.25) is 0 Å². The summed E-state index contributed by atoms with van der Waals surface area (Å²) in [5.41, 5.74) is 0. The molecule has 0 spiro atoms. The first-order chi connectivity index (χ1) is 6.79. The van der Waals surface area contributed by atoms with E-state index in [9.17, 15) is 4.79 Å². The summed E-state index contributed by atoms with van der Waals surface area (Å²) in [6.45, 7) is 3.00. The molecule has 1 atom stereocenters. The van der Waals surface area contributed by atoms with E-state index in [1.807, 2.05) is 0 Å². The van der Waals surface area contributed by atoms with Crippen molar-refractivity contribution < 1.29 is 9.90 Å². The minimum absolute atomic E-state index is 0.287. The molecule has 1 aliphatic carbocycles. The van der Waals surface area contributed by atoms with E-state index in [0.717, 1.165) is 38.8 Å². The van der Waals surface area contributed by atoms with Gasteiger partial charge in [0.25, 0.3) is 0 Å². The Morgan fingerprint density at radius 3 is 2.79 bits per heavy atom. The summed E-state index contributed by atoms with van der Waals surface area (Å²) in [6.07, 6.45) is 4.28. The quantitative estimate of drug-likeness (QED) is 0.704. The van der Waals surface area contributed by atoms with Crippen LogP contribution in [0.4, 0.5) is 0 Å². The highest BCUT2D eigenvalue weighted by molar-refractivity contribution is 5.85. The normalized spacial score (nSPS) is 28.2. The molecule has 80 valence electrons. The number of rotatable bonds is 5. The highest BCUT2D eigenvalue weighted by atomic mass is 16.3. The molecule has 3 heteroatoms. The Balaban J connectivity index is 1.69. The van der Waals surface area contributed by atoms with E-state index in [1.165, 1.54) is 0 Å². The Morgan fingerprint density at radius 1 is 1.36 bits per heavy atom. The van der Waals surface area contributed by atoms with Crippen molar-refractivity contribution in [2.75, 3.05) is 26.2 Å². The Hall–Kier alpha value is -0.410. The molecule has 0 bridgehead atoms. The predicted molar refractivity (Wildman–Crippen MR) is 54.0 cm³/mol. The number of Topliss-reactive ketones (excluding diaryl/α,β-unsaturated/α-hetero) is 1. The second-order valence-corrected chi connectivity index (χ2v) is 4.64. The summed E-state index contributed by atoms with van der Waals surface area (Å²) in [4.78, 5) is 13.8. The first-order valence-electron chi connectivity index (χ1n) is 5.65. The number of aliphatic hydroxyl groups is 1. The highest BCUT2D eigenvalue weighted by Crippen LogP contribution is 2.30. The molecule has 0 aromatic rings. The molecule has 1 saturated heterocycles. The first kappa shape index (κ1) is 10.1. The molecule has 3 nitrogen and oxygen atoms in total. The maximum Gasteiger partial charge on any atom is 0.149 e. The first-order valence-corrected chi connectivity index (χ1v) is 5.65. The van der Waals surface area contributed by atoms with Gasteiger partial charge in [0.1, 0.15) is 5.78 Å². The van der Waals surface area contributed by atoms with E-state index < -0.39 is 0 Å². The molecule has 0 amide bonds. The topological polar surface area (TPSA) is 40.5 Å². The van der Waals surface area contributed by atoms with Gasteiger partial charge in [-0.3, -0.25) is 9.69 Å². The SMILES string of the molecule is O=C(CN1CCC(CCO)C1)C1CC1. The highest BCUT2D eigenvalue weighted by Gasteiger charge is 2.32. The van der Waals surface area contributed by atoms with Gasteiger partial charge < -0.3 is 5.11 Å². The molecule has 0 aromatic heterocycles. The van der Waals surface area contributed by atoms with Crippen LogP contribution < -0.4 is 0 Å². The summed E-state index contributed by atoms with van der Waals surface area (Å²) in [5, 5.41) is 8.81. The van der Waals surface area contributed by atoms with Gasteiger partial charge in [0.2, 0.25) is 0 Å². The Morgan fingerprint density at radius 2 is 2.14 bits per heavy atom. The van der Waals surface area contributed by atoms with E-state index in [4.69, 9.17) is 5.11 Å². The van der Waals surface area contributed by atoms with Gasteiger partial charge in [-0.05, 0) is 38.1 Å². The number of hydrogen-bond acceptors (Lipinski definition) is 3. The summed E-state index contributed by atoms with van der Waals surface area (Å²) in [6, 6.07) is 0. The number of nitrogens with zero attached hydrogens (tertiary/aromatic N) is 1. The lowest BCUT2D eigenvalue weighted by molar-refractivity contribution is -0.121. The van der Waals surface area contributed by atoms with Crippen molar-refractivity contribution in [1.82, 2.24) is 4.90 Å². The predicted octanol–water partition coefficient (Wildman–Crippen LogP) is 0.670. The average Bonchev–Trinajstić information content (AvgIpc) is 2.92. The molecule has 0 radical (unpaired) electrons. The Kier molecular flexibility index (Phi) is 3.19. The number of aliphatic hydroxyl groups excluding tert-OH is 1. The molecular weight excluding hydrogens is 178 g/mol. The number of carbonyl (C=O) groups is 1. The molecule has 1 unspecified atom stereocenters. The second-order valence-electron chi connectivity index (χ2n) is 4.64. The van der Waals surface area contributed by atoms with Crippen LogP contribution in [0, 0.1) is 11.8 Å². The van der Waals surface area contributed by atoms with Crippen LogP contribution in [0.1, 0.15) is 25.7 Å². The fraction of sp³-hybridized carbons (Fsp3) is 0.909. The van der Waals surface area contributed by atoms with Crippen LogP contribution in [-0.4, -0.2) is 42.0 Å². The maximum atomic E-state index is 11.5. The standard InChI is InChI=1S/C11H19NO2/c13-6-4-9-3-5-12(7-9)8-11(14)10-1-2-10/h9-10,13H,1-8H2. The molecule has 14 heavy (non-hydrogen) atoms. The molecule has 1 aliphatic heterocycles.